The van der Waals surface area contributed by atoms with Crippen LogP contribution in [0.15, 0.2) is 63.3 Å². The van der Waals surface area contributed by atoms with Crippen molar-refractivity contribution in [2.24, 2.45) is 0 Å². The monoisotopic (exact) mass is 523 g/mol. The Labute approximate surface area is 215 Å². The van der Waals surface area contributed by atoms with Crippen molar-refractivity contribution in [3.63, 3.8) is 0 Å². The molecule has 35 heavy (non-hydrogen) atoms. The summed E-state index contributed by atoms with van der Waals surface area (Å²) in [5, 5.41) is 14.8. The van der Waals surface area contributed by atoms with E-state index in [1.165, 1.54) is 11.3 Å². The third-order valence-corrected chi connectivity index (χ3v) is 9.24. The average molecular weight is 524 g/mol. The lowest BCUT2D eigenvalue weighted by molar-refractivity contribution is -0.116. The Morgan fingerprint density at radius 3 is 2.74 bits per heavy atom. The number of benzene rings is 1. The number of aromatic nitrogens is 2. The number of amides is 1. The van der Waals surface area contributed by atoms with Gasteiger partial charge in [-0.2, -0.15) is 0 Å². The highest BCUT2D eigenvalue weighted by Gasteiger charge is 2.39. The van der Waals surface area contributed by atoms with Crippen LogP contribution in [0, 0.1) is 6.92 Å². The van der Waals surface area contributed by atoms with E-state index in [4.69, 9.17) is 5.73 Å². The third kappa shape index (κ3) is 4.91. The molecule has 1 amide bonds. The number of carbonyl (C=O) groups excluding carboxylic acids is 2. The molecule has 180 valence electrons. The van der Waals surface area contributed by atoms with Crippen LogP contribution in [-0.2, 0) is 15.3 Å². The molecular formula is C25H25N5O2S3. The lowest BCUT2D eigenvalue weighted by atomic mass is 9.77. The van der Waals surface area contributed by atoms with Gasteiger partial charge in [0.1, 0.15) is 0 Å². The molecule has 5 rings (SSSR count). The van der Waals surface area contributed by atoms with Crippen LogP contribution in [0.2, 0.25) is 0 Å². The number of dihydropyridines is 1. The van der Waals surface area contributed by atoms with Gasteiger partial charge in [0.15, 0.2) is 10.1 Å². The number of hydrogen-bond donors (Lipinski definition) is 3. The van der Waals surface area contributed by atoms with E-state index < -0.39 is 0 Å². The van der Waals surface area contributed by atoms with E-state index >= 15 is 0 Å². The number of nitrogens with one attached hydrogen (secondary N) is 2. The number of carbonyl (C=O) groups is 2. The van der Waals surface area contributed by atoms with Crippen molar-refractivity contribution in [3.05, 3.63) is 74.3 Å². The third-order valence-electron chi connectivity index (χ3n) is 6.15. The number of Topliss-reactive ketones (excluding diaryl/α,β-unsaturated/α-hetero) is 1. The Balaban J connectivity index is 1.50. The summed E-state index contributed by atoms with van der Waals surface area (Å²) in [6.45, 7) is 4.00. The molecule has 1 aliphatic heterocycles. The highest BCUT2D eigenvalue weighted by Crippen LogP contribution is 2.46. The molecule has 0 saturated heterocycles. The number of nitrogens with two attached hydrogens (primary N) is 1. The van der Waals surface area contributed by atoms with E-state index in [1.54, 1.807) is 23.1 Å². The Morgan fingerprint density at radius 1 is 1.20 bits per heavy atom. The standard InChI is InChI=1S/C25H25N5O2S3/c1-13-20(23(32)28-16-7-4-3-5-8-16)22(21-17(27-13)9-6-10-18(21)31)19-11-15(14(2)34-19)12-33-25-30-29-24(26)35-25/h3-5,7-8,11,22,27H,6,9-10,12H2,1-2H3,(H2,26,29)(H,28,32)/t22-/m1/s1. The van der Waals surface area contributed by atoms with Crippen molar-refractivity contribution in [2.75, 3.05) is 11.1 Å². The fourth-order valence-corrected chi connectivity index (χ4v) is 7.49. The summed E-state index contributed by atoms with van der Waals surface area (Å²) < 4.78 is 0.822. The van der Waals surface area contributed by atoms with E-state index in [1.807, 2.05) is 37.3 Å². The van der Waals surface area contributed by atoms with E-state index in [9.17, 15) is 9.59 Å². The summed E-state index contributed by atoms with van der Waals surface area (Å²) in [6.07, 6.45) is 2.15. The molecule has 0 spiro atoms. The maximum atomic E-state index is 13.6. The van der Waals surface area contributed by atoms with Gasteiger partial charge in [-0.15, -0.1) is 21.5 Å². The molecule has 0 radical (unpaired) electrons. The fraction of sp³-hybridized carbons (Fsp3) is 0.280. The van der Waals surface area contributed by atoms with Crippen molar-refractivity contribution < 1.29 is 9.59 Å². The smallest absolute Gasteiger partial charge is 0.254 e. The predicted octanol–water partition coefficient (Wildman–Crippen LogP) is 5.39. The maximum Gasteiger partial charge on any atom is 0.254 e. The normalized spacial score (nSPS) is 17.9. The molecule has 7 nitrogen and oxygen atoms in total. The minimum Gasteiger partial charge on any atom is -0.374 e. The minimum atomic E-state index is -0.387. The maximum absolute atomic E-state index is 13.6. The summed E-state index contributed by atoms with van der Waals surface area (Å²) in [5.74, 6) is 0.258. The van der Waals surface area contributed by atoms with Crippen LogP contribution in [-0.4, -0.2) is 21.9 Å². The van der Waals surface area contributed by atoms with E-state index in [0.29, 0.717) is 17.1 Å². The number of hydrogen-bond acceptors (Lipinski definition) is 9. The lowest BCUT2D eigenvalue weighted by Gasteiger charge is -2.33. The number of nitrogens with zero attached hydrogens (tertiary/aromatic N) is 2. The van der Waals surface area contributed by atoms with Gasteiger partial charge in [-0.05, 0) is 50.5 Å². The quantitative estimate of drug-likeness (QED) is 0.372. The number of allylic oxidation sites excluding steroid dienone is 3. The second-order valence-electron chi connectivity index (χ2n) is 8.51. The van der Waals surface area contributed by atoms with Crippen molar-refractivity contribution in [2.45, 2.75) is 49.1 Å². The first-order valence-electron chi connectivity index (χ1n) is 11.3. The molecule has 1 atom stereocenters. The number of thioether (sulfide) groups is 1. The van der Waals surface area contributed by atoms with Crippen LogP contribution in [0.1, 0.15) is 47.4 Å². The van der Waals surface area contributed by atoms with Crippen LogP contribution < -0.4 is 16.4 Å². The predicted molar refractivity (Wildman–Crippen MR) is 142 cm³/mol. The van der Waals surface area contributed by atoms with Crippen LogP contribution in [0.3, 0.4) is 0 Å². The zero-order chi connectivity index (χ0) is 24.5. The highest BCUT2D eigenvalue weighted by molar-refractivity contribution is 8.00. The summed E-state index contributed by atoms with van der Waals surface area (Å²) in [6, 6.07) is 11.5. The summed E-state index contributed by atoms with van der Waals surface area (Å²) in [5.41, 5.74) is 10.7. The number of aryl methyl sites for hydroxylation is 1. The van der Waals surface area contributed by atoms with Gasteiger partial charge in [0.05, 0.1) is 5.92 Å². The molecular weight excluding hydrogens is 499 g/mol. The number of anilines is 2. The molecule has 10 heteroatoms. The zero-order valence-corrected chi connectivity index (χ0v) is 21.8. The fourth-order valence-electron chi connectivity index (χ4n) is 4.54. The van der Waals surface area contributed by atoms with Gasteiger partial charge >= 0.3 is 0 Å². The Kier molecular flexibility index (Phi) is 6.77. The van der Waals surface area contributed by atoms with Crippen molar-refractivity contribution in [1.82, 2.24) is 15.5 Å². The number of rotatable bonds is 6. The van der Waals surface area contributed by atoms with Crippen LogP contribution in [0.5, 0.6) is 0 Å². The molecule has 3 heterocycles. The molecule has 2 aromatic heterocycles. The second kappa shape index (κ2) is 9.96. The summed E-state index contributed by atoms with van der Waals surface area (Å²) >= 11 is 4.61. The highest BCUT2D eigenvalue weighted by atomic mass is 32.2. The molecule has 2 aliphatic rings. The molecule has 0 bridgehead atoms. The van der Waals surface area contributed by atoms with Crippen LogP contribution >= 0.6 is 34.4 Å². The van der Waals surface area contributed by atoms with Crippen molar-refractivity contribution in [3.8, 4) is 0 Å². The first kappa shape index (κ1) is 23.8. The molecule has 3 aromatic rings. The second-order valence-corrected chi connectivity index (χ2v) is 12.0. The van der Waals surface area contributed by atoms with Gasteiger partial charge in [0.25, 0.3) is 5.91 Å². The molecule has 0 fully saturated rings. The van der Waals surface area contributed by atoms with E-state index in [-0.39, 0.29) is 17.6 Å². The van der Waals surface area contributed by atoms with Gasteiger partial charge in [0.2, 0.25) is 5.13 Å². The van der Waals surface area contributed by atoms with Gasteiger partial charge < -0.3 is 16.4 Å². The Bertz CT molecular complexity index is 1360. The molecule has 0 unspecified atom stereocenters. The van der Waals surface area contributed by atoms with Gasteiger partial charge in [0, 0.05) is 50.2 Å². The first-order valence-corrected chi connectivity index (χ1v) is 13.9. The van der Waals surface area contributed by atoms with E-state index in [2.05, 4.69) is 33.8 Å². The average Bonchev–Trinajstić information content (AvgIpc) is 3.42. The first-order chi connectivity index (χ1) is 16.9. The summed E-state index contributed by atoms with van der Waals surface area (Å²) in [7, 11) is 0. The molecule has 1 aliphatic carbocycles. The largest absolute Gasteiger partial charge is 0.374 e. The molecule has 4 N–H and O–H groups in total. The molecule has 0 saturated carbocycles. The molecule has 1 aromatic carbocycles. The topological polar surface area (TPSA) is 110 Å². The van der Waals surface area contributed by atoms with Gasteiger partial charge in [-0.1, -0.05) is 41.3 Å². The Hall–Kier alpha value is -2.95. The van der Waals surface area contributed by atoms with Gasteiger partial charge in [-0.3, -0.25) is 9.59 Å². The number of para-hydroxylation sites is 1. The summed E-state index contributed by atoms with van der Waals surface area (Å²) in [4.78, 5) is 28.9. The Morgan fingerprint density at radius 2 is 2.00 bits per heavy atom. The lowest BCUT2D eigenvalue weighted by Crippen LogP contribution is -2.35. The van der Waals surface area contributed by atoms with E-state index in [0.717, 1.165) is 60.9 Å². The SMILES string of the molecule is CC1=C(C(=O)Nc2ccccc2)[C@@H](c2cc(CSc3nnc(N)s3)c(C)s2)C2=C(CCCC2=O)N1. The van der Waals surface area contributed by atoms with Crippen molar-refractivity contribution >= 4 is 56.9 Å². The van der Waals surface area contributed by atoms with Gasteiger partial charge in [-0.25, -0.2) is 0 Å². The van der Waals surface area contributed by atoms with Crippen molar-refractivity contribution in [1.29, 1.82) is 0 Å². The number of thiophene rings is 1. The minimum absolute atomic E-state index is 0.118. The van der Waals surface area contributed by atoms with Crippen LogP contribution in [0.25, 0.3) is 0 Å². The van der Waals surface area contributed by atoms with Crippen LogP contribution in [0.4, 0.5) is 10.8 Å². The number of ketones is 1. The number of nitrogen functional groups attached to an aromatic ring is 1. The zero-order valence-electron chi connectivity index (χ0n) is 19.4.